The van der Waals surface area contributed by atoms with Gasteiger partial charge in [-0.15, -0.1) is 0 Å². The van der Waals surface area contributed by atoms with E-state index in [9.17, 15) is 4.79 Å². The van der Waals surface area contributed by atoms with Crippen molar-refractivity contribution in [3.8, 4) is 0 Å². The number of methoxy groups -OCH3 is 1. The lowest BCUT2D eigenvalue weighted by atomic mass is 9.93. The lowest BCUT2D eigenvalue weighted by molar-refractivity contribution is -0.133. The Morgan fingerprint density at radius 3 is 2.47 bits per heavy atom. The number of amides is 1. The zero-order valence-corrected chi connectivity index (χ0v) is 12.0. The fourth-order valence-corrected chi connectivity index (χ4v) is 2.10. The lowest BCUT2D eigenvalue weighted by Crippen LogP contribution is -2.63. The highest BCUT2D eigenvalue weighted by Crippen LogP contribution is 2.34. The number of ether oxygens (including phenoxy) is 2. The van der Waals surface area contributed by atoms with Crippen LogP contribution in [0.4, 0.5) is 4.79 Å². The van der Waals surface area contributed by atoms with E-state index in [-0.39, 0.29) is 6.09 Å². The first-order valence-electron chi connectivity index (χ1n) is 6.15. The molecule has 106 valence electrons. The van der Waals surface area contributed by atoms with Gasteiger partial charge in [-0.1, -0.05) is 0 Å². The third kappa shape index (κ3) is 2.56. The zero-order valence-electron chi connectivity index (χ0n) is 12.0. The molecular weight excluding hydrogens is 248 g/mol. The Hall–Kier alpha value is -1.63. The minimum atomic E-state index is -0.581. The first-order valence-corrected chi connectivity index (χ1v) is 6.15. The van der Waals surface area contributed by atoms with Crippen molar-refractivity contribution in [3.63, 3.8) is 0 Å². The van der Waals surface area contributed by atoms with Gasteiger partial charge in [-0.3, -0.25) is 4.68 Å². The Morgan fingerprint density at radius 2 is 2.05 bits per heavy atom. The molecule has 1 aliphatic heterocycles. The second-order valence-electron chi connectivity index (χ2n) is 5.74. The van der Waals surface area contributed by atoms with Crippen LogP contribution in [0.25, 0.3) is 0 Å². The minimum absolute atomic E-state index is 0.331. The number of hydrogen-bond acceptors (Lipinski definition) is 5. The molecule has 1 amide bonds. The maximum Gasteiger partial charge on any atom is 0.410 e. The summed E-state index contributed by atoms with van der Waals surface area (Å²) < 4.78 is 12.5. The Bertz CT molecular complexity index is 472. The van der Waals surface area contributed by atoms with Crippen molar-refractivity contribution < 1.29 is 14.3 Å². The van der Waals surface area contributed by atoms with Gasteiger partial charge in [0.2, 0.25) is 0 Å². The number of aromatic nitrogens is 3. The van der Waals surface area contributed by atoms with Crippen LogP contribution in [-0.4, -0.2) is 51.6 Å². The van der Waals surface area contributed by atoms with Crippen molar-refractivity contribution >= 4 is 6.09 Å². The van der Waals surface area contributed by atoms with Gasteiger partial charge in [0.25, 0.3) is 0 Å². The maximum absolute atomic E-state index is 11.9. The average Bonchev–Trinajstić information content (AvgIpc) is 2.62. The smallest absolute Gasteiger partial charge is 0.410 e. The van der Waals surface area contributed by atoms with Gasteiger partial charge in [0, 0.05) is 14.2 Å². The highest BCUT2D eigenvalue weighted by atomic mass is 16.6. The number of rotatable bonds is 2. The van der Waals surface area contributed by atoms with Gasteiger partial charge in [0.15, 0.2) is 11.4 Å². The Kier molecular flexibility index (Phi) is 3.25. The number of carbonyl (C=O) groups excluding carboxylic acids is 1. The second-order valence-corrected chi connectivity index (χ2v) is 5.74. The molecule has 2 rings (SSSR count). The van der Waals surface area contributed by atoms with Gasteiger partial charge in [-0.2, -0.15) is 5.10 Å². The SMILES string of the molecule is COC1(c2ncnn2C)CN(C(=O)OC(C)(C)C)C1. The number of carbonyl (C=O) groups is 1. The fourth-order valence-electron chi connectivity index (χ4n) is 2.10. The molecule has 19 heavy (non-hydrogen) atoms. The molecule has 1 fully saturated rings. The molecule has 1 aromatic heterocycles. The van der Waals surface area contributed by atoms with Crippen LogP contribution in [-0.2, 0) is 22.1 Å². The van der Waals surface area contributed by atoms with Gasteiger partial charge >= 0.3 is 6.09 Å². The van der Waals surface area contributed by atoms with Crippen LogP contribution >= 0.6 is 0 Å². The molecule has 0 aromatic carbocycles. The summed E-state index contributed by atoms with van der Waals surface area (Å²) in [6, 6.07) is 0. The zero-order chi connectivity index (χ0) is 14.3. The average molecular weight is 268 g/mol. The Labute approximate surface area is 112 Å². The summed E-state index contributed by atoms with van der Waals surface area (Å²) in [5.41, 5.74) is -1.07. The normalized spacial score (nSPS) is 18.1. The van der Waals surface area contributed by atoms with E-state index in [1.165, 1.54) is 6.33 Å². The molecule has 0 aliphatic carbocycles. The Balaban J connectivity index is 2.04. The van der Waals surface area contributed by atoms with E-state index in [0.717, 1.165) is 5.82 Å². The summed E-state index contributed by atoms with van der Waals surface area (Å²) in [5.74, 6) is 0.717. The predicted octanol–water partition coefficient (Wildman–Crippen LogP) is 0.907. The summed E-state index contributed by atoms with van der Waals surface area (Å²) in [4.78, 5) is 17.7. The monoisotopic (exact) mass is 268 g/mol. The van der Waals surface area contributed by atoms with E-state index >= 15 is 0 Å². The quantitative estimate of drug-likeness (QED) is 0.797. The molecule has 0 unspecified atom stereocenters. The number of likely N-dealkylation sites (tertiary alicyclic amines) is 1. The van der Waals surface area contributed by atoms with E-state index in [4.69, 9.17) is 9.47 Å². The molecule has 7 nitrogen and oxygen atoms in total. The summed E-state index contributed by atoms with van der Waals surface area (Å²) in [5, 5.41) is 4.03. The van der Waals surface area contributed by atoms with E-state index in [1.807, 2.05) is 20.8 Å². The second kappa shape index (κ2) is 4.48. The van der Waals surface area contributed by atoms with Gasteiger partial charge in [-0.25, -0.2) is 9.78 Å². The van der Waals surface area contributed by atoms with Crippen LogP contribution in [0.2, 0.25) is 0 Å². The molecule has 0 saturated carbocycles. The molecular formula is C12H20N4O3. The summed E-state index contributed by atoms with van der Waals surface area (Å²) in [6.07, 6.45) is 1.15. The maximum atomic E-state index is 11.9. The van der Waals surface area contributed by atoms with Crippen LogP contribution in [0.5, 0.6) is 0 Å². The van der Waals surface area contributed by atoms with E-state index in [0.29, 0.717) is 13.1 Å². The lowest BCUT2D eigenvalue weighted by Gasteiger charge is -2.47. The molecule has 0 atom stereocenters. The third-order valence-electron chi connectivity index (χ3n) is 3.05. The van der Waals surface area contributed by atoms with Crippen LogP contribution in [0.15, 0.2) is 6.33 Å². The molecule has 1 saturated heterocycles. The number of aryl methyl sites for hydroxylation is 1. The topological polar surface area (TPSA) is 69.5 Å². The van der Waals surface area contributed by atoms with Gasteiger partial charge < -0.3 is 14.4 Å². The molecule has 2 heterocycles. The van der Waals surface area contributed by atoms with Crippen LogP contribution in [0, 0.1) is 0 Å². The van der Waals surface area contributed by atoms with Crippen molar-refractivity contribution in [2.75, 3.05) is 20.2 Å². The summed E-state index contributed by atoms with van der Waals surface area (Å²) in [6.45, 7) is 6.38. The van der Waals surface area contributed by atoms with Crippen molar-refractivity contribution in [3.05, 3.63) is 12.2 Å². The van der Waals surface area contributed by atoms with Crippen molar-refractivity contribution in [2.45, 2.75) is 32.0 Å². The molecule has 0 radical (unpaired) electrons. The van der Waals surface area contributed by atoms with Crippen molar-refractivity contribution in [1.29, 1.82) is 0 Å². The standard InChI is InChI=1S/C12H20N4O3/c1-11(2,3)19-10(17)16-6-12(7-16,18-5)9-13-8-14-15(9)4/h8H,6-7H2,1-5H3. The number of hydrogen-bond donors (Lipinski definition) is 0. The van der Waals surface area contributed by atoms with Gasteiger partial charge in [0.1, 0.15) is 11.9 Å². The summed E-state index contributed by atoms with van der Waals surface area (Å²) >= 11 is 0. The van der Waals surface area contributed by atoms with E-state index in [1.54, 1.807) is 23.7 Å². The van der Waals surface area contributed by atoms with Gasteiger partial charge in [0.05, 0.1) is 13.1 Å². The van der Waals surface area contributed by atoms with Crippen LogP contribution in [0.3, 0.4) is 0 Å². The first kappa shape index (κ1) is 13.8. The number of nitrogens with zero attached hydrogens (tertiary/aromatic N) is 4. The molecule has 0 spiro atoms. The summed E-state index contributed by atoms with van der Waals surface area (Å²) in [7, 11) is 3.42. The fraction of sp³-hybridized carbons (Fsp3) is 0.750. The van der Waals surface area contributed by atoms with E-state index in [2.05, 4.69) is 10.1 Å². The minimum Gasteiger partial charge on any atom is -0.444 e. The van der Waals surface area contributed by atoms with Crippen molar-refractivity contribution in [1.82, 2.24) is 19.7 Å². The van der Waals surface area contributed by atoms with Crippen LogP contribution in [0.1, 0.15) is 26.6 Å². The van der Waals surface area contributed by atoms with Crippen LogP contribution < -0.4 is 0 Å². The molecule has 7 heteroatoms. The highest BCUT2D eigenvalue weighted by Gasteiger charge is 2.51. The van der Waals surface area contributed by atoms with E-state index < -0.39 is 11.2 Å². The molecule has 0 N–H and O–H groups in total. The molecule has 1 aromatic rings. The largest absolute Gasteiger partial charge is 0.444 e. The molecule has 0 bridgehead atoms. The Morgan fingerprint density at radius 1 is 1.42 bits per heavy atom. The van der Waals surface area contributed by atoms with Crippen molar-refractivity contribution in [2.24, 2.45) is 7.05 Å². The van der Waals surface area contributed by atoms with Gasteiger partial charge in [-0.05, 0) is 20.8 Å². The molecule has 1 aliphatic rings. The predicted molar refractivity (Wildman–Crippen MR) is 67.5 cm³/mol. The highest BCUT2D eigenvalue weighted by molar-refractivity contribution is 5.69. The third-order valence-corrected chi connectivity index (χ3v) is 3.05. The first-order chi connectivity index (χ1) is 8.77.